The van der Waals surface area contributed by atoms with Crippen LogP contribution in [-0.2, 0) is 0 Å². The molecule has 17 heavy (non-hydrogen) atoms. The minimum absolute atomic E-state index is 0.283. The van der Waals surface area contributed by atoms with Gasteiger partial charge in [0.05, 0.1) is 12.8 Å². The van der Waals surface area contributed by atoms with Crippen molar-refractivity contribution in [3.8, 4) is 5.88 Å². The standard InChI is InChI=1S/C13H23N3O/c1-10(2)6-5-7-11(14-3)12-8-13(17-4)16-9-15-12/h8-11,14H,5-7H2,1-4H3. The topological polar surface area (TPSA) is 47.0 Å². The predicted molar refractivity (Wildman–Crippen MR) is 69.1 cm³/mol. The van der Waals surface area contributed by atoms with Crippen LogP contribution in [0.3, 0.4) is 0 Å². The van der Waals surface area contributed by atoms with Crippen LogP contribution in [0.15, 0.2) is 12.4 Å². The summed E-state index contributed by atoms with van der Waals surface area (Å²) >= 11 is 0. The molecule has 1 unspecified atom stereocenters. The van der Waals surface area contributed by atoms with Crippen molar-refractivity contribution < 1.29 is 4.74 Å². The zero-order chi connectivity index (χ0) is 12.7. The summed E-state index contributed by atoms with van der Waals surface area (Å²) in [6.45, 7) is 4.50. The molecule has 4 nitrogen and oxygen atoms in total. The molecular formula is C13H23N3O. The molecular weight excluding hydrogens is 214 g/mol. The van der Waals surface area contributed by atoms with Crippen molar-refractivity contribution in [2.45, 2.75) is 39.2 Å². The van der Waals surface area contributed by atoms with Gasteiger partial charge in [0.2, 0.25) is 5.88 Å². The summed E-state index contributed by atoms with van der Waals surface area (Å²) in [5, 5.41) is 3.30. The molecule has 1 aromatic heterocycles. The van der Waals surface area contributed by atoms with Gasteiger partial charge in [-0.05, 0) is 19.4 Å². The number of methoxy groups -OCH3 is 1. The molecule has 0 aliphatic rings. The molecule has 4 heteroatoms. The molecule has 0 radical (unpaired) electrons. The van der Waals surface area contributed by atoms with E-state index in [1.54, 1.807) is 13.4 Å². The number of aromatic nitrogens is 2. The van der Waals surface area contributed by atoms with Gasteiger partial charge in [-0.25, -0.2) is 9.97 Å². The summed E-state index contributed by atoms with van der Waals surface area (Å²) < 4.78 is 5.11. The van der Waals surface area contributed by atoms with Crippen LogP contribution in [-0.4, -0.2) is 24.1 Å². The maximum Gasteiger partial charge on any atom is 0.216 e. The van der Waals surface area contributed by atoms with Gasteiger partial charge < -0.3 is 10.1 Å². The van der Waals surface area contributed by atoms with E-state index in [1.807, 2.05) is 13.1 Å². The summed E-state index contributed by atoms with van der Waals surface area (Å²) in [5.41, 5.74) is 1.00. The van der Waals surface area contributed by atoms with Crippen molar-refractivity contribution in [2.24, 2.45) is 5.92 Å². The molecule has 0 saturated carbocycles. The fourth-order valence-electron chi connectivity index (χ4n) is 1.83. The van der Waals surface area contributed by atoms with Crippen molar-refractivity contribution >= 4 is 0 Å². The first-order valence-corrected chi connectivity index (χ1v) is 6.20. The van der Waals surface area contributed by atoms with Crippen LogP contribution in [0, 0.1) is 5.92 Å². The lowest BCUT2D eigenvalue weighted by Crippen LogP contribution is -2.18. The van der Waals surface area contributed by atoms with E-state index in [1.165, 1.54) is 12.8 Å². The predicted octanol–water partition coefficient (Wildman–Crippen LogP) is 2.57. The Kier molecular flexibility index (Phi) is 5.91. The average Bonchev–Trinajstić information content (AvgIpc) is 2.34. The Bertz CT molecular complexity index is 328. The fourth-order valence-corrected chi connectivity index (χ4v) is 1.83. The number of hydrogen-bond donors (Lipinski definition) is 1. The number of hydrogen-bond acceptors (Lipinski definition) is 4. The highest BCUT2D eigenvalue weighted by atomic mass is 16.5. The van der Waals surface area contributed by atoms with E-state index in [0.717, 1.165) is 18.0 Å². The molecule has 1 aromatic rings. The normalized spacial score (nSPS) is 12.8. The van der Waals surface area contributed by atoms with E-state index < -0.39 is 0 Å². The van der Waals surface area contributed by atoms with Crippen molar-refractivity contribution in [2.75, 3.05) is 14.2 Å². The lowest BCUT2D eigenvalue weighted by atomic mass is 10.0. The Labute approximate surface area is 104 Å². The molecule has 0 spiro atoms. The van der Waals surface area contributed by atoms with Crippen LogP contribution in [0.25, 0.3) is 0 Å². The first-order chi connectivity index (χ1) is 8.17. The van der Waals surface area contributed by atoms with Gasteiger partial charge in [-0.15, -0.1) is 0 Å². The number of nitrogens with zero attached hydrogens (tertiary/aromatic N) is 2. The van der Waals surface area contributed by atoms with Crippen LogP contribution in [0.5, 0.6) is 5.88 Å². The summed E-state index contributed by atoms with van der Waals surface area (Å²) in [6, 6.07) is 2.18. The third-order valence-corrected chi connectivity index (χ3v) is 2.85. The molecule has 0 aromatic carbocycles. The van der Waals surface area contributed by atoms with E-state index in [9.17, 15) is 0 Å². The highest BCUT2D eigenvalue weighted by Gasteiger charge is 2.11. The van der Waals surface area contributed by atoms with Gasteiger partial charge in [-0.1, -0.05) is 26.7 Å². The quantitative estimate of drug-likeness (QED) is 0.791. The highest BCUT2D eigenvalue weighted by molar-refractivity contribution is 5.16. The first-order valence-electron chi connectivity index (χ1n) is 6.20. The van der Waals surface area contributed by atoms with E-state index >= 15 is 0 Å². The lowest BCUT2D eigenvalue weighted by Gasteiger charge is -2.16. The van der Waals surface area contributed by atoms with Crippen LogP contribution in [0.2, 0.25) is 0 Å². The summed E-state index contributed by atoms with van der Waals surface area (Å²) in [7, 11) is 3.59. The maximum absolute atomic E-state index is 5.11. The second-order valence-corrected chi connectivity index (χ2v) is 4.65. The second-order valence-electron chi connectivity index (χ2n) is 4.65. The van der Waals surface area contributed by atoms with Crippen molar-refractivity contribution in [3.05, 3.63) is 18.1 Å². The largest absolute Gasteiger partial charge is 0.481 e. The van der Waals surface area contributed by atoms with Gasteiger partial charge in [-0.2, -0.15) is 0 Å². The van der Waals surface area contributed by atoms with E-state index in [2.05, 4.69) is 29.1 Å². The fraction of sp³-hybridized carbons (Fsp3) is 0.692. The smallest absolute Gasteiger partial charge is 0.216 e. The van der Waals surface area contributed by atoms with Gasteiger partial charge in [-0.3, -0.25) is 0 Å². The molecule has 1 N–H and O–H groups in total. The lowest BCUT2D eigenvalue weighted by molar-refractivity contribution is 0.392. The third kappa shape index (κ3) is 4.69. The zero-order valence-electron chi connectivity index (χ0n) is 11.2. The maximum atomic E-state index is 5.11. The van der Waals surface area contributed by atoms with E-state index in [4.69, 9.17) is 4.74 Å². The van der Waals surface area contributed by atoms with Crippen LogP contribution in [0.4, 0.5) is 0 Å². The highest BCUT2D eigenvalue weighted by Crippen LogP contribution is 2.20. The van der Waals surface area contributed by atoms with Crippen molar-refractivity contribution in [1.29, 1.82) is 0 Å². The Morgan fingerprint density at radius 3 is 2.65 bits per heavy atom. The monoisotopic (exact) mass is 237 g/mol. The Morgan fingerprint density at radius 2 is 2.06 bits per heavy atom. The van der Waals surface area contributed by atoms with Crippen molar-refractivity contribution in [1.82, 2.24) is 15.3 Å². The number of rotatable bonds is 7. The molecule has 96 valence electrons. The Morgan fingerprint density at radius 1 is 1.29 bits per heavy atom. The van der Waals surface area contributed by atoms with Crippen LogP contribution in [0.1, 0.15) is 44.8 Å². The van der Waals surface area contributed by atoms with Gasteiger partial charge in [0.15, 0.2) is 0 Å². The number of nitrogens with one attached hydrogen (secondary N) is 1. The SMILES string of the molecule is CNC(CCCC(C)C)c1cc(OC)ncn1. The molecule has 0 saturated heterocycles. The molecule has 0 aliphatic heterocycles. The summed E-state index contributed by atoms with van der Waals surface area (Å²) in [6.07, 6.45) is 5.10. The Hall–Kier alpha value is -1.16. The minimum atomic E-state index is 0.283. The average molecular weight is 237 g/mol. The van der Waals surface area contributed by atoms with E-state index in [-0.39, 0.29) is 6.04 Å². The summed E-state index contributed by atoms with van der Waals surface area (Å²) in [4.78, 5) is 8.32. The number of ether oxygens (including phenoxy) is 1. The first kappa shape index (κ1) is 13.9. The van der Waals surface area contributed by atoms with Gasteiger partial charge >= 0.3 is 0 Å². The van der Waals surface area contributed by atoms with Crippen molar-refractivity contribution in [3.63, 3.8) is 0 Å². The summed E-state index contributed by atoms with van der Waals surface area (Å²) in [5.74, 6) is 1.38. The molecule has 1 rings (SSSR count). The van der Waals surface area contributed by atoms with E-state index in [0.29, 0.717) is 5.88 Å². The molecule has 0 aliphatic carbocycles. The van der Waals surface area contributed by atoms with Crippen LogP contribution < -0.4 is 10.1 Å². The van der Waals surface area contributed by atoms with Gasteiger partial charge in [0, 0.05) is 12.1 Å². The zero-order valence-corrected chi connectivity index (χ0v) is 11.2. The van der Waals surface area contributed by atoms with Crippen LogP contribution >= 0.6 is 0 Å². The third-order valence-electron chi connectivity index (χ3n) is 2.85. The molecule has 1 atom stereocenters. The van der Waals surface area contributed by atoms with Gasteiger partial charge in [0.1, 0.15) is 6.33 Å². The molecule has 0 amide bonds. The molecule has 0 fully saturated rings. The molecule has 1 heterocycles. The second kappa shape index (κ2) is 7.22. The molecule has 0 bridgehead atoms. The Balaban J connectivity index is 2.59. The van der Waals surface area contributed by atoms with Gasteiger partial charge in [0.25, 0.3) is 0 Å². The minimum Gasteiger partial charge on any atom is -0.481 e.